The molecule has 0 atom stereocenters. The predicted molar refractivity (Wildman–Crippen MR) is 102 cm³/mol. The summed E-state index contributed by atoms with van der Waals surface area (Å²) in [4.78, 5) is 0. The Kier molecular flexibility index (Phi) is 4.04. The van der Waals surface area contributed by atoms with Gasteiger partial charge in [-0.15, -0.1) is 0 Å². The molecule has 0 unspecified atom stereocenters. The van der Waals surface area contributed by atoms with Crippen LogP contribution in [0.3, 0.4) is 0 Å². The molecule has 4 heteroatoms. The molecule has 0 amide bonds. The highest BCUT2D eigenvalue weighted by Gasteiger charge is 2.64. The van der Waals surface area contributed by atoms with Gasteiger partial charge < -0.3 is 4.57 Å². The molecule has 0 saturated heterocycles. The molecule has 2 aromatic rings. The summed E-state index contributed by atoms with van der Waals surface area (Å²) in [5, 5.41) is 1.74. The van der Waals surface area contributed by atoms with Gasteiger partial charge in [0.1, 0.15) is 3.23 Å². The molecule has 0 radical (unpaired) electrons. The first-order valence-corrected chi connectivity index (χ1v) is 10.5. The first kappa shape index (κ1) is 16.2. The van der Waals surface area contributed by atoms with E-state index in [1.165, 1.54) is 0 Å². The van der Waals surface area contributed by atoms with Gasteiger partial charge in [0.15, 0.2) is 7.14 Å². The van der Waals surface area contributed by atoms with Crippen molar-refractivity contribution in [1.29, 1.82) is 0 Å². The van der Waals surface area contributed by atoms with Crippen molar-refractivity contribution in [2.24, 2.45) is 5.41 Å². The number of benzene rings is 2. The lowest BCUT2D eigenvalue weighted by Gasteiger charge is -2.15. The van der Waals surface area contributed by atoms with E-state index >= 15 is 0 Å². The molecular weight excluding hydrogens is 423 g/mol. The highest BCUT2D eigenvalue weighted by atomic mass is 79.9. The molecular formula is C18H17Br2OP. The van der Waals surface area contributed by atoms with Gasteiger partial charge in [0.25, 0.3) is 0 Å². The number of hydrogen-bond acceptors (Lipinski definition) is 1. The van der Waals surface area contributed by atoms with Crippen LogP contribution in [0.2, 0.25) is 0 Å². The first-order valence-electron chi connectivity index (χ1n) is 7.13. The third-order valence-corrected chi connectivity index (χ3v) is 9.91. The Morgan fingerprint density at radius 2 is 1.23 bits per heavy atom. The maximum Gasteiger partial charge on any atom is 0.164 e. The highest BCUT2D eigenvalue weighted by molar-refractivity contribution is 9.25. The Bertz CT molecular complexity index is 705. The molecule has 1 fully saturated rings. The van der Waals surface area contributed by atoms with E-state index in [1.54, 1.807) is 0 Å². The van der Waals surface area contributed by atoms with Crippen LogP contribution in [0.25, 0.3) is 0 Å². The van der Waals surface area contributed by atoms with E-state index in [0.29, 0.717) is 0 Å². The molecule has 0 aromatic heterocycles. The van der Waals surface area contributed by atoms with Crippen LogP contribution in [0.5, 0.6) is 0 Å². The second-order valence-electron chi connectivity index (χ2n) is 6.07. The molecule has 0 spiro atoms. The number of rotatable bonds is 3. The third kappa shape index (κ3) is 2.48. The molecule has 1 aliphatic carbocycles. The Morgan fingerprint density at radius 1 is 0.864 bits per heavy atom. The molecule has 1 nitrogen and oxygen atoms in total. The maximum absolute atomic E-state index is 13.9. The molecule has 114 valence electrons. The van der Waals surface area contributed by atoms with E-state index in [-0.39, 0.29) is 8.65 Å². The van der Waals surface area contributed by atoms with E-state index < -0.39 is 7.14 Å². The van der Waals surface area contributed by atoms with E-state index in [1.807, 2.05) is 66.5 Å². The summed E-state index contributed by atoms with van der Waals surface area (Å²) in [6.07, 6.45) is 0. The summed E-state index contributed by atoms with van der Waals surface area (Å²) in [6, 6.07) is 19.5. The fourth-order valence-corrected chi connectivity index (χ4v) is 7.13. The Labute approximate surface area is 148 Å². The van der Waals surface area contributed by atoms with Crippen molar-refractivity contribution in [3.05, 3.63) is 72.1 Å². The number of alkyl halides is 2. The molecule has 3 rings (SSSR count). The normalized spacial score (nSPS) is 20.8. The zero-order valence-electron chi connectivity index (χ0n) is 12.5. The second kappa shape index (κ2) is 5.47. The summed E-state index contributed by atoms with van der Waals surface area (Å²) in [6.45, 7) is 4.28. The van der Waals surface area contributed by atoms with E-state index in [9.17, 15) is 4.57 Å². The fourth-order valence-electron chi connectivity index (χ4n) is 2.62. The number of halogens is 2. The Hall–Kier alpha value is -0.630. The van der Waals surface area contributed by atoms with Gasteiger partial charge in [-0.1, -0.05) is 106 Å². The van der Waals surface area contributed by atoms with Crippen LogP contribution < -0.4 is 10.6 Å². The standard InChI is InChI=1S/C18H17Br2OP/c1-17(2)16(18(17,19)20)13-22(21,14-9-5-3-6-10-14)15-11-7-4-8-12-15/h3-13H,1-2H3/b16-13-. The minimum Gasteiger partial charge on any atom is -0.309 e. The van der Waals surface area contributed by atoms with Crippen LogP contribution in [0.4, 0.5) is 0 Å². The molecule has 0 N–H and O–H groups in total. The highest BCUT2D eigenvalue weighted by Crippen LogP contribution is 2.72. The van der Waals surface area contributed by atoms with Crippen molar-refractivity contribution in [2.45, 2.75) is 17.1 Å². The minimum absolute atomic E-state index is 0.0494. The summed E-state index contributed by atoms with van der Waals surface area (Å²) < 4.78 is 13.7. The fraction of sp³-hybridized carbons (Fsp3) is 0.222. The van der Waals surface area contributed by atoms with Crippen molar-refractivity contribution in [3.8, 4) is 0 Å². The van der Waals surface area contributed by atoms with Crippen LogP contribution >= 0.6 is 39.0 Å². The smallest absolute Gasteiger partial charge is 0.164 e. The number of hydrogen-bond donors (Lipinski definition) is 0. The van der Waals surface area contributed by atoms with Crippen molar-refractivity contribution in [1.82, 2.24) is 0 Å². The molecule has 0 heterocycles. The van der Waals surface area contributed by atoms with Crippen LogP contribution in [0.15, 0.2) is 72.1 Å². The second-order valence-corrected chi connectivity index (χ2v) is 12.1. The van der Waals surface area contributed by atoms with Gasteiger partial charge in [-0.05, 0) is 11.4 Å². The average molecular weight is 440 g/mol. The Balaban J connectivity index is 2.19. The molecule has 1 aliphatic rings. The van der Waals surface area contributed by atoms with E-state index in [0.717, 1.165) is 16.2 Å². The zero-order chi connectivity index (χ0) is 16.0. The number of allylic oxidation sites excluding steroid dienone is 1. The van der Waals surface area contributed by atoms with Gasteiger partial charge in [0.2, 0.25) is 0 Å². The van der Waals surface area contributed by atoms with Gasteiger partial charge in [0.05, 0.1) is 0 Å². The van der Waals surface area contributed by atoms with Gasteiger partial charge in [-0.2, -0.15) is 0 Å². The topological polar surface area (TPSA) is 17.1 Å². The molecule has 0 aliphatic heterocycles. The van der Waals surface area contributed by atoms with Crippen LogP contribution in [0, 0.1) is 5.41 Å². The van der Waals surface area contributed by atoms with Crippen molar-refractivity contribution in [2.75, 3.05) is 0 Å². The third-order valence-electron chi connectivity index (χ3n) is 4.32. The first-order chi connectivity index (χ1) is 10.3. The van der Waals surface area contributed by atoms with Crippen LogP contribution in [0.1, 0.15) is 13.8 Å². The van der Waals surface area contributed by atoms with Crippen LogP contribution in [-0.4, -0.2) is 3.23 Å². The predicted octanol–water partition coefficient (Wildman–Crippen LogP) is 5.41. The Morgan fingerprint density at radius 3 is 1.55 bits per heavy atom. The van der Waals surface area contributed by atoms with Crippen molar-refractivity contribution in [3.63, 3.8) is 0 Å². The lowest BCUT2D eigenvalue weighted by atomic mass is 10.2. The monoisotopic (exact) mass is 438 g/mol. The van der Waals surface area contributed by atoms with Crippen molar-refractivity contribution >= 4 is 49.6 Å². The molecule has 2 aromatic carbocycles. The van der Waals surface area contributed by atoms with Gasteiger partial charge in [-0.3, -0.25) is 0 Å². The lowest BCUT2D eigenvalue weighted by molar-refractivity contribution is 0.592. The van der Waals surface area contributed by atoms with Crippen molar-refractivity contribution < 1.29 is 4.57 Å². The molecule has 1 saturated carbocycles. The quantitative estimate of drug-likeness (QED) is 0.461. The minimum atomic E-state index is -2.80. The summed E-state index contributed by atoms with van der Waals surface area (Å²) in [7, 11) is -2.80. The maximum atomic E-state index is 13.9. The molecule has 0 bridgehead atoms. The summed E-state index contributed by atoms with van der Waals surface area (Å²) in [5.74, 6) is 1.97. The lowest BCUT2D eigenvalue weighted by Crippen LogP contribution is -2.14. The SMILES string of the molecule is CC1(C)/C(=C/P(=O)(c2ccccc2)c2ccccc2)C1(Br)Br. The summed E-state index contributed by atoms with van der Waals surface area (Å²) >= 11 is 7.40. The summed E-state index contributed by atoms with van der Waals surface area (Å²) in [5.41, 5.74) is 1.09. The van der Waals surface area contributed by atoms with Crippen LogP contribution in [-0.2, 0) is 4.57 Å². The average Bonchev–Trinajstić information content (AvgIpc) is 2.91. The van der Waals surface area contributed by atoms with Gasteiger partial charge >= 0.3 is 0 Å². The van der Waals surface area contributed by atoms with E-state index in [2.05, 4.69) is 45.7 Å². The largest absolute Gasteiger partial charge is 0.309 e. The van der Waals surface area contributed by atoms with E-state index in [4.69, 9.17) is 0 Å². The van der Waals surface area contributed by atoms with Gasteiger partial charge in [0, 0.05) is 16.0 Å². The zero-order valence-corrected chi connectivity index (χ0v) is 16.5. The molecule has 22 heavy (non-hydrogen) atoms. The van der Waals surface area contributed by atoms with Gasteiger partial charge in [-0.25, -0.2) is 0 Å².